The van der Waals surface area contributed by atoms with Crippen LogP contribution in [0.3, 0.4) is 0 Å². The Hall–Kier alpha value is -2.56. The molecule has 2 aromatic rings. The summed E-state index contributed by atoms with van der Waals surface area (Å²) < 4.78 is 10.2. The molecule has 0 fully saturated rings. The second kappa shape index (κ2) is 6.56. The summed E-state index contributed by atoms with van der Waals surface area (Å²) in [6.45, 7) is 0.302. The van der Waals surface area contributed by atoms with Crippen LogP contribution in [0.4, 0.5) is 5.69 Å². The standard InChI is InChI=1S/C15H16N2O3/c1-19-14-5-4-12(9-13(14)16)15(18)20-8-6-11-3-2-7-17-10-11/h2-5,7,9-10H,6,8,16H2,1H3. The average Bonchev–Trinajstić information content (AvgIpc) is 2.48. The summed E-state index contributed by atoms with van der Waals surface area (Å²) in [5.41, 5.74) is 7.59. The minimum absolute atomic E-state index is 0.302. The maximum atomic E-state index is 11.9. The van der Waals surface area contributed by atoms with Crippen LogP contribution in [-0.4, -0.2) is 24.7 Å². The van der Waals surface area contributed by atoms with Gasteiger partial charge in [0, 0.05) is 18.8 Å². The number of hydrogen-bond donors (Lipinski definition) is 1. The SMILES string of the molecule is COc1ccc(C(=O)OCCc2cccnc2)cc1N. The minimum Gasteiger partial charge on any atom is -0.495 e. The summed E-state index contributed by atoms with van der Waals surface area (Å²) in [6.07, 6.45) is 4.08. The van der Waals surface area contributed by atoms with E-state index < -0.39 is 5.97 Å². The normalized spacial score (nSPS) is 10.1. The highest BCUT2D eigenvalue weighted by Gasteiger charge is 2.09. The first-order valence-corrected chi connectivity index (χ1v) is 6.20. The number of esters is 1. The van der Waals surface area contributed by atoms with E-state index in [0.717, 1.165) is 5.56 Å². The Kier molecular flexibility index (Phi) is 4.55. The van der Waals surface area contributed by atoms with Crippen molar-refractivity contribution in [2.24, 2.45) is 0 Å². The number of nitrogens with zero attached hydrogens (tertiary/aromatic N) is 1. The predicted molar refractivity (Wildman–Crippen MR) is 75.6 cm³/mol. The van der Waals surface area contributed by atoms with Crippen molar-refractivity contribution in [3.63, 3.8) is 0 Å². The van der Waals surface area contributed by atoms with Crippen molar-refractivity contribution in [2.45, 2.75) is 6.42 Å². The first kappa shape index (κ1) is 13.9. The number of methoxy groups -OCH3 is 1. The molecule has 2 N–H and O–H groups in total. The summed E-state index contributed by atoms with van der Waals surface area (Å²) in [5, 5.41) is 0. The van der Waals surface area contributed by atoms with Crippen LogP contribution in [-0.2, 0) is 11.2 Å². The molecule has 0 radical (unpaired) electrons. The van der Waals surface area contributed by atoms with Crippen LogP contribution in [0.1, 0.15) is 15.9 Å². The summed E-state index contributed by atoms with van der Waals surface area (Å²) in [4.78, 5) is 15.9. The predicted octanol–water partition coefficient (Wildman–Crippen LogP) is 2.07. The second-order valence-corrected chi connectivity index (χ2v) is 4.20. The van der Waals surface area contributed by atoms with Crippen molar-refractivity contribution < 1.29 is 14.3 Å². The molecule has 0 amide bonds. The van der Waals surface area contributed by atoms with Crippen molar-refractivity contribution in [1.82, 2.24) is 4.98 Å². The van der Waals surface area contributed by atoms with Crippen LogP contribution in [0.15, 0.2) is 42.7 Å². The topological polar surface area (TPSA) is 74.4 Å². The number of hydrogen-bond acceptors (Lipinski definition) is 5. The zero-order valence-electron chi connectivity index (χ0n) is 11.2. The number of rotatable bonds is 5. The van der Waals surface area contributed by atoms with E-state index in [1.54, 1.807) is 30.6 Å². The molecule has 1 aromatic heterocycles. The first-order chi connectivity index (χ1) is 9.70. The first-order valence-electron chi connectivity index (χ1n) is 6.20. The monoisotopic (exact) mass is 272 g/mol. The lowest BCUT2D eigenvalue weighted by Crippen LogP contribution is -2.09. The Morgan fingerprint density at radius 1 is 1.35 bits per heavy atom. The van der Waals surface area contributed by atoms with Gasteiger partial charge in [-0.2, -0.15) is 0 Å². The molecule has 0 saturated heterocycles. The quantitative estimate of drug-likeness (QED) is 0.666. The molecule has 104 valence electrons. The van der Waals surface area contributed by atoms with E-state index in [1.807, 2.05) is 12.1 Å². The molecule has 5 nitrogen and oxygen atoms in total. The van der Waals surface area contributed by atoms with Crippen LogP contribution < -0.4 is 10.5 Å². The Balaban J connectivity index is 1.90. The van der Waals surface area contributed by atoms with Crippen molar-refractivity contribution in [1.29, 1.82) is 0 Å². The molecule has 20 heavy (non-hydrogen) atoms. The van der Waals surface area contributed by atoms with Gasteiger partial charge in [0.25, 0.3) is 0 Å². The van der Waals surface area contributed by atoms with Crippen molar-refractivity contribution in [3.05, 3.63) is 53.9 Å². The Labute approximate surface area is 117 Å². The van der Waals surface area contributed by atoms with Gasteiger partial charge < -0.3 is 15.2 Å². The molecular formula is C15H16N2O3. The fraction of sp³-hybridized carbons (Fsp3) is 0.200. The van der Waals surface area contributed by atoms with E-state index in [-0.39, 0.29) is 0 Å². The lowest BCUT2D eigenvalue weighted by Gasteiger charge is -2.07. The largest absolute Gasteiger partial charge is 0.495 e. The summed E-state index contributed by atoms with van der Waals surface area (Å²) in [6, 6.07) is 8.60. The zero-order chi connectivity index (χ0) is 14.4. The molecule has 2 rings (SSSR count). The molecule has 0 aliphatic rings. The van der Waals surface area contributed by atoms with Crippen LogP contribution in [0.5, 0.6) is 5.75 Å². The third-order valence-corrected chi connectivity index (χ3v) is 2.81. The van der Waals surface area contributed by atoms with E-state index in [4.69, 9.17) is 15.2 Å². The van der Waals surface area contributed by atoms with Gasteiger partial charge in [-0.25, -0.2) is 4.79 Å². The lowest BCUT2D eigenvalue weighted by molar-refractivity contribution is 0.0509. The van der Waals surface area contributed by atoms with Gasteiger partial charge in [0.05, 0.1) is 25.0 Å². The minimum atomic E-state index is -0.400. The third-order valence-electron chi connectivity index (χ3n) is 2.81. The highest BCUT2D eigenvalue weighted by molar-refractivity contribution is 5.91. The number of nitrogen functional groups attached to an aromatic ring is 1. The van der Waals surface area contributed by atoms with E-state index in [9.17, 15) is 4.79 Å². The number of ether oxygens (including phenoxy) is 2. The van der Waals surface area contributed by atoms with Gasteiger partial charge in [-0.15, -0.1) is 0 Å². The molecule has 1 aromatic carbocycles. The second-order valence-electron chi connectivity index (χ2n) is 4.20. The van der Waals surface area contributed by atoms with Crippen LogP contribution >= 0.6 is 0 Å². The van der Waals surface area contributed by atoms with Crippen molar-refractivity contribution >= 4 is 11.7 Å². The number of pyridine rings is 1. The molecule has 0 unspecified atom stereocenters. The van der Waals surface area contributed by atoms with E-state index in [2.05, 4.69) is 4.98 Å². The van der Waals surface area contributed by atoms with Gasteiger partial charge in [0.15, 0.2) is 0 Å². The van der Waals surface area contributed by atoms with Crippen molar-refractivity contribution in [3.8, 4) is 5.75 Å². The van der Waals surface area contributed by atoms with Gasteiger partial charge in [-0.3, -0.25) is 4.98 Å². The lowest BCUT2D eigenvalue weighted by atomic mass is 10.2. The summed E-state index contributed by atoms with van der Waals surface area (Å²) in [5.74, 6) is 0.139. The molecule has 0 saturated carbocycles. The highest BCUT2D eigenvalue weighted by Crippen LogP contribution is 2.22. The number of nitrogens with two attached hydrogens (primary N) is 1. The number of aromatic nitrogens is 1. The van der Waals surface area contributed by atoms with Gasteiger partial charge in [0.2, 0.25) is 0 Å². The average molecular weight is 272 g/mol. The van der Waals surface area contributed by atoms with Crippen LogP contribution in [0.25, 0.3) is 0 Å². The zero-order valence-corrected chi connectivity index (χ0v) is 11.2. The maximum absolute atomic E-state index is 11.9. The summed E-state index contributed by atoms with van der Waals surface area (Å²) in [7, 11) is 1.53. The van der Waals surface area contributed by atoms with Gasteiger partial charge in [-0.1, -0.05) is 6.07 Å². The Bertz CT molecular complexity index is 585. The number of anilines is 1. The smallest absolute Gasteiger partial charge is 0.338 e. The molecule has 0 aliphatic carbocycles. The molecular weight excluding hydrogens is 256 g/mol. The van der Waals surface area contributed by atoms with Gasteiger partial charge in [0.1, 0.15) is 5.75 Å². The van der Waals surface area contributed by atoms with Gasteiger partial charge >= 0.3 is 5.97 Å². The van der Waals surface area contributed by atoms with Gasteiger partial charge in [-0.05, 0) is 29.8 Å². The Morgan fingerprint density at radius 2 is 2.20 bits per heavy atom. The summed E-state index contributed by atoms with van der Waals surface area (Å²) >= 11 is 0. The fourth-order valence-electron chi connectivity index (χ4n) is 1.75. The molecule has 0 atom stereocenters. The van der Waals surface area contributed by atoms with E-state index >= 15 is 0 Å². The maximum Gasteiger partial charge on any atom is 0.338 e. The Morgan fingerprint density at radius 3 is 2.85 bits per heavy atom. The molecule has 0 spiro atoms. The fourth-order valence-corrected chi connectivity index (χ4v) is 1.75. The molecule has 5 heteroatoms. The number of carbonyl (C=O) groups is 1. The van der Waals surface area contributed by atoms with Crippen molar-refractivity contribution in [2.75, 3.05) is 19.5 Å². The molecule has 0 bridgehead atoms. The molecule has 1 heterocycles. The van der Waals surface area contributed by atoms with Crippen LogP contribution in [0.2, 0.25) is 0 Å². The number of carbonyl (C=O) groups excluding carboxylic acids is 1. The number of benzene rings is 1. The van der Waals surface area contributed by atoms with E-state index in [0.29, 0.717) is 30.0 Å². The third kappa shape index (κ3) is 3.47. The highest BCUT2D eigenvalue weighted by atomic mass is 16.5. The molecule has 0 aliphatic heterocycles. The van der Waals surface area contributed by atoms with E-state index in [1.165, 1.54) is 7.11 Å². The van der Waals surface area contributed by atoms with Crippen LogP contribution in [0, 0.1) is 0 Å².